The molecule has 0 radical (unpaired) electrons. The van der Waals surface area contributed by atoms with Gasteiger partial charge >= 0.3 is 5.97 Å². The Kier molecular flexibility index (Phi) is 10.9. The molecule has 1 aromatic rings. The first-order valence-electron chi connectivity index (χ1n) is 13.6. The van der Waals surface area contributed by atoms with Gasteiger partial charge in [0.1, 0.15) is 11.9 Å². The van der Waals surface area contributed by atoms with Crippen LogP contribution in [0.25, 0.3) is 0 Å². The van der Waals surface area contributed by atoms with Gasteiger partial charge in [0.25, 0.3) is 0 Å². The second kappa shape index (κ2) is 13.9. The van der Waals surface area contributed by atoms with Crippen molar-refractivity contribution in [3.63, 3.8) is 0 Å². The molecule has 2 aliphatic carbocycles. The van der Waals surface area contributed by atoms with Gasteiger partial charge in [-0.25, -0.2) is 4.79 Å². The largest absolute Gasteiger partial charge is 0.494 e. The molecule has 0 heterocycles. The summed E-state index contributed by atoms with van der Waals surface area (Å²) in [6.07, 6.45) is 19.4. The Balaban J connectivity index is 1.28. The average molecular weight is 443 g/mol. The van der Waals surface area contributed by atoms with E-state index in [1.807, 2.05) is 24.3 Å². The number of hydrogen-bond donors (Lipinski definition) is 0. The molecule has 2 fully saturated rings. The van der Waals surface area contributed by atoms with Crippen LogP contribution in [0.5, 0.6) is 5.75 Å². The molecule has 3 nitrogen and oxygen atoms in total. The van der Waals surface area contributed by atoms with Gasteiger partial charge < -0.3 is 9.47 Å². The van der Waals surface area contributed by atoms with E-state index in [0.717, 1.165) is 49.4 Å². The van der Waals surface area contributed by atoms with E-state index in [4.69, 9.17) is 9.47 Å². The fraction of sp³-hybridized carbons (Fsp3) is 0.759. The van der Waals surface area contributed by atoms with Gasteiger partial charge in [0.15, 0.2) is 0 Å². The van der Waals surface area contributed by atoms with E-state index >= 15 is 0 Å². The molecule has 0 aromatic heterocycles. The number of carbonyl (C=O) groups excluding carboxylic acids is 1. The molecule has 180 valence electrons. The van der Waals surface area contributed by atoms with Crippen LogP contribution in [-0.4, -0.2) is 18.7 Å². The highest BCUT2D eigenvalue weighted by Gasteiger charge is 2.23. The van der Waals surface area contributed by atoms with E-state index < -0.39 is 0 Å². The SMILES string of the molecule is CCCCCC1CCC(CCCOc2ccc(C(=O)OC3CCC(CC)CC3)cc2)CC1. The smallest absolute Gasteiger partial charge is 0.338 e. The lowest BCUT2D eigenvalue weighted by Gasteiger charge is -2.28. The van der Waals surface area contributed by atoms with Crippen molar-refractivity contribution in [1.29, 1.82) is 0 Å². The normalized spacial score (nSPS) is 25.9. The predicted octanol–water partition coefficient (Wildman–Crippen LogP) is 8.36. The maximum atomic E-state index is 12.4. The lowest BCUT2D eigenvalue weighted by Crippen LogP contribution is -2.24. The van der Waals surface area contributed by atoms with Gasteiger partial charge in [0.2, 0.25) is 0 Å². The minimum Gasteiger partial charge on any atom is -0.494 e. The minimum atomic E-state index is -0.193. The zero-order chi connectivity index (χ0) is 22.6. The molecular formula is C29H46O3. The first-order chi connectivity index (χ1) is 15.7. The van der Waals surface area contributed by atoms with E-state index in [1.165, 1.54) is 77.0 Å². The highest BCUT2D eigenvalue weighted by Crippen LogP contribution is 2.34. The summed E-state index contributed by atoms with van der Waals surface area (Å²) in [5.41, 5.74) is 0.630. The van der Waals surface area contributed by atoms with E-state index in [9.17, 15) is 4.79 Å². The maximum Gasteiger partial charge on any atom is 0.338 e. The van der Waals surface area contributed by atoms with E-state index in [0.29, 0.717) is 5.56 Å². The number of hydrogen-bond acceptors (Lipinski definition) is 3. The number of carbonyl (C=O) groups is 1. The molecule has 0 aliphatic heterocycles. The third-order valence-electron chi connectivity index (χ3n) is 7.94. The Labute approximate surface area is 196 Å². The van der Waals surface area contributed by atoms with E-state index in [2.05, 4.69) is 13.8 Å². The van der Waals surface area contributed by atoms with Gasteiger partial charge in [-0.2, -0.15) is 0 Å². The van der Waals surface area contributed by atoms with Crippen molar-refractivity contribution in [2.75, 3.05) is 6.61 Å². The standard InChI is InChI=1S/C29H46O3/c1-3-5-6-8-24-10-12-25(13-11-24)9-7-22-31-27-20-16-26(17-21-27)29(30)32-28-18-14-23(4-2)15-19-28/h16-17,20-21,23-25,28H,3-15,18-19,22H2,1-2H3. The van der Waals surface area contributed by atoms with Crippen LogP contribution in [0.2, 0.25) is 0 Å². The molecule has 0 atom stereocenters. The molecule has 0 N–H and O–H groups in total. The van der Waals surface area contributed by atoms with Crippen LogP contribution in [0.3, 0.4) is 0 Å². The maximum absolute atomic E-state index is 12.4. The van der Waals surface area contributed by atoms with Gasteiger partial charge in [0, 0.05) is 0 Å². The van der Waals surface area contributed by atoms with Crippen molar-refractivity contribution < 1.29 is 14.3 Å². The van der Waals surface area contributed by atoms with Gasteiger partial charge in [-0.3, -0.25) is 0 Å². The van der Waals surface area contributed by atoms with Gasteiger partial charge in [-0.1, -0.05) is 71.6 Å². The summed E-state index contributed by atoms with van der Waals surface area (Å²) in [5, 5.41) is 0. The Morgan fingerprint density at radius 1 is 0.781 bits per heavy atom. The number of rotatable bonds is 12. The molecule has 2 saturated carbocycles. The summed E-state index contributed by atoms with van der Waals surface area (Å²) in [6.45, 7) is 5.31. The van der Waals surface area contributed by atoms with Gasteiger partial charge in [0.05, 0.1) is 12.2 Å². The molecule has 3 heteroatoms. The second-order valence-corrected chi connectivity index (χ2v) is 10.4. The highest BCUT2D eigenvalue weighted by atomic mass is 16.5. The van der Waals surface area contributed by atoms with E-state index in [-0.39, 0.29) is 12.1 Å². The summed E-state index contributed by atoms with van der Waals surface area (Å²) in [5.74, 6) is 3.36. The molecule has 0 spiro atoms. The fourth-order valence-corrected chi connectivity index (χ4v) is 5.62. The number of benzene rings is 1. The molecule has 0 amide bonds. The number of esters is 1. The topological polar surface area (TPSA) is 35.5 Å². The molecule has 0 bridgehead atoms. The second-order valence-electron chi connectivity index (χ2n) is 10.4. The zero-order valence-electron chi connectivity index (χ0n) is 20.7. The predicted molar refractivity (Wildman–Crippen MR) is 132 cm³/mol. The Hall–Kier alpha value is -1.51. The van der Waals surface area contributed by atoms with Crippen molar-refractivity contribution in [2.24, 2.45) is 17.8 Å². The van der Waals surface area contributed by atoms with Crippen LogP contribution in [0, 0.1) is 17.8 Å². The third kappa shape index (κ3) is 8.45. The van der Waals surface area contributed by atoms with E-state index in [1.54, 1.807) is 0 Å². The van der Waals surface area contributed by atoms with Crippen molar-refractivity contribution in [3.8, 4) is 5.75 Å². The Morgan fingerprint density at radius 2 is 1.38 bits per heavy atom. The molecular weight excluding hydrogens is 396 g/mol. The highest BCUT2D eigenvalue weighted by molar-refractivity contribution is 5.89. The molecule has 0 saturated heterocycles. The number of ether oxygens (including phenoxy) is 2. The van der Waals surface area contributed by atoms with Crippen molar-refractivity contribution in [2.45, 2.75) is 116 Å². The zero-order valence-corrected chi connectivity index (χ0v) is 20.7. The van der Waals surface area contributed by atoms with Crippen LogP contribution in [0.4, 0.5) is 0 Å². The molecule has 0 unspecified atom stereocenters. The summed E-state index contributed by atoms with van der Waals surface area (Å²) < 4.78 is 11.7. The summed E-state index contributed by atoms with van der Waals surface area (Å²) in [6, 6.07) is 7.50. The fourth-order valence-electron chi connectivity index (χ4n) is 5.62. The van der Waals surface area contributed by atoms with Crippen LogP contribution in [0.15, 0.2) is 24.3 Å². The summed E-state index contributed by atoms with van der Waals surface area (Å²) >= 11 is 0. The Bertz CT molecular complexity index is 637. The van der Waals surface area contributed by atoms with Crippen LogP contribution in [-0.2, 0) is 4.74 Å². The quantitative estimate of drug-likeness (QED) is 0.241. The lowest BCUT2D eigenvalue weighted by atomic mass is 9.78. The first-order valence-corrected chi connectivity index (χ1v) is 13.6. The molecule has 32 heavy (non-hydrogen) atoms. The minimum absolute atomic E-state index is 0.0904. The molecule has 3 rings (SSSR count). The van der Waals surface area contributed by atoms with Crippen LogP contribution < -0.4 is 4.74 Å². The number of unbranched alkanes of at least 4 members (excludes halogenated alkanes) is 2. The molecule has 1 aromatic carbocycles. The third-order valence-corrected chi connectivity index (χ3v) is 7.94. The van der Waals surface area contributed by atoms with Crippen LogP contribution in [0.1, 0.15) is 121 Å². The first kappa shape index (κ1) is 25.1. The monoisotopic (exact) mass is 442 g/mol. The Morgan fingerprint density at radius 3 is 1.97 bits per heavy atom. The van der Waals surface area contributed by atoms with Gasteiger partial charge in [-0.05, 0) is 80.5 Å². The summed E-state index contributed by atoms with van der Waals surface area (Å²) in [4.78, 5) is 12.4. The lowest BCUT2D eigenvalue weighted by molar-refractivity contribution is 0.0164. The molecule has 2 aliphatic rings. The average Bonchev–Trinajstić information content (AvgIpc) is 2.84. The van der Waals surface area contributed by atoms with Crippen molar-refractivity contribution in [1.82, 2.24) is 0 Å². The van der Waals surface area contributed by atoms with Gasteiger partial charge in [-0.15, -0.1) is 0 Å². The van der Waals surface area contributed by atoms with Crippen molar-refractivity contribution in [3.05, 3.63) is 29.8 Å². The summed E-state index contributed by atoms with van der Waals surface area (Å²) in [7, 11) is 0. The van der Waals surface area contributed by atoms with Crippen molar-refractivity contribution >= 4 is 5.97 Å². The van der Waals surface area contributed by atoms with Crippen LogP contribution >= 0.6 is 0 Å².